The molecule has 3 heterocycles. The van der Waals surface area contributed by atoms with Crippen LogP contribution in [0.3, 0.4) is 0 Å². The lowest BCUT2D eigenvalue weighted by atomic mass is 9.76. The number of nitrogens with zero attached hydrogens (tertiary/aromatic N) is 2. The summed E-state index contributed by atoms with van der Waals surface area (Å²) in [5, 5.41) is 9.06. The summed E-state index contributed by atoms with van der Waals surface area (Å²) in [6.45, 7) is 3.06. The van der Waals surface area contributed by atoms with Crippen LogP contribution in [-0.4, -0.2) is 28.8 Å². The molecule has 2 aliphatic heterocycles. The highest BCUT2D eigenvalue weighted by molar-refractivity contribution is 6.30. The fraction of sp³-hybridized carbons (Fsp3) is 0.280. The highest BCUT2D eigenvalue weighted by Crippen LogP contribution is 2.48. The minimum atomic E-state index is -0.210. The minimum absolute atomic E-state index is 0.194. The van der Waals surface area contributed by atoms with Crippen LogP contribution >= 0.6 is 11.6 Å². The lowest BCUT2D eigenvalue weighted by Gasteiger charge is -2.33. The number of allylic oxidation sites excluding steroid dienone is 2. The zero-order chi connectivity index (χ0) is 21.8. The van der Waals surface area contributed by atoms with Gasteiger partial charge < -0.3 is 14.8 Å². The van der Waals surface area contributed by atoms with Gasteiger partial charge in [0.15, 0.2) is 17.3 Å². The van der Waals surface area contributed by atoms with Gasteiger partial charge in [-0.25, -0.2) is 4.68 Å². The summed E-state index contributed by atoms with van der Waals surface area (Å²) in [7, 11) is 0. The first-order valence-electron chi connectivity index (χ1n) is 10.9. The molecule has 6 rings (SSSR count). The van der Waals surface area contributed by atoms with Crippen molar-refractivity contribution >= 4 is 23.2 Å². The number of halogens is 1. The summed E-state index contributed by atoms with van der Waals surface area (Å²) in [6.07, 6.45) is 2.25. The molecular weight excluding hydrogens is 426 g/mol. The number of aryl methyl sites for hydroxylation is 1. The number of carbonyl (C=O) groups excluding carboxylic acids is 1. The standard InChI is InChI=1S/C25H22ClN3O3/c1-14-22-23(15-8-9-20-21(12-15)32-11-10-31-20)24-18(6-3-7-19(24)30)27-25(22)29(28-14)17-5-2-4-16(26)13-17/h2,4-5,8-9,12-13,23,27H,3,6-7,10-11H2,1H3/t23-/m0/s1. The summed E-state index contributed by atoms with van der Waals surface area (Å²) in [4.78, 5) is 13.1. The zero-order valence-corrected chi connectivity index (χ0v) is 18.4. The average Bonchev–Trinajstić information content (AvgIpc) is 3.14. The fourth-order valence-corrected chi connectivity index (χ4v) is 5.17. The van der Waals surface area contributed by atoms with E-state index in [4.69, 9.17) is 26.2 Å². The summed E-state index contributed by atoms with van der Waals surface area (Å²) in [5.74, 6) is 2.33. The Balaban J connectivity index is 1.57. The van der Waals surface area contributed by atoms with Crippen LogP contribution in [0.4, 0.5) is 5.82 Å². The number of ketones is 1. The van der Waals surface area contributed by atoms with Crippen molar-refractivity contribution < 1.29 is 14.3 Å². The molecule has 0 unspecified atom stereocenters. The summed E-state index contributed by atoms with van der Waals surface area (Å²) in [6, 6.07) is 13.6. The van der Waals surface area contributed by atoms with Crippen molar-refractivity contribution in [2.75, 3.05) is 18.5 Å². The van der Waals surface area contributed by atoms with Crippen LogP contribution in [0.2, 0.25) is 5.02 Å². The number of fused-ring (bicyclic) bond motifs is 2. The number of rotatable bonds is 2. The molecular formula is C25H22ClN3O3. The second kappa shape index (κ2) is 7.41. The van der Waals surface area contributed by atoms with Gasteiger partial charge >= 0.3 is 0 Å². The lowest BCUT2D eigenvalue weighted by Crippen LogP contribution is -2.27. The maximum atomic E-state index is 13.1. The van der Waals surface area contributed by atoms with Gasteiger partial charge in [-0.2, -0.15) is 5.10 Å². The molecule has 0 radical (unpaired) electrons. The number of anilines is 1. The molecule has 7 heteroatoms. The van der Waals surface area contributed by atoms with E-state index in [2.05, 4.69) is 5.32 Å². The molecule has 0 saturated heterocycles. The van der Waals surface area contributed by atoms with Crippen LogP contribution in [0, 0.1) is 6.92 Å². The maximum absolute atomic E-state index is 13.1. The summed E-state index contributed by atoms with van der Waals surface area (Å²) in [5.41, 5.74) is 5.59. The van der Waals surface area contributed by atoms with Crippen molar-refractivity contribution in [3.63, 3.8) is 0 Å². The number of ether oxygens (including phenoxy) is 2. The highest BCUT2D eigenvalue weighted by atomic mass is 35.5. The van der Waals surface area contributed by atoms with Crippen LogP contribution in [0.1, 0.15) is 42.0 Å². The van der Waals surface area contributed by atoms with E-state index >= 15 is 0 Å². The largest absolute Gasteiger partial charge is 0.486 e. The van der Waals surface area contributed by atoms with Crippen molar-refractivity contribution in [1.29, 1.82) is 0 Å². The molecule has 1 aromatic heterocycles. The average molecular weight is 448 g/mol. The van der Waals surface area contributed by atoms with Crippen molar-refractivity contribution in [2.45, 2.75) is 32.1 Å². The van der Waals surface area contributed by atoms with E-state index < -0.39 is 0 Å². The number of aromatic nitrogens is 2. The third kappa shape index (κ3) is 3.01. The SMILES string of the molecule is Cc1nn(-c2cccc(Cl)c2)c2c1[C@H](c1ccc3c(c1)OCCO3)C1=C(CCCC1=O)N2. The molecule has 0 bridgehead atoms. The van der Waals surface area contributed by atoms with Gasteiger partial charge in [0.05, 0.1) is 11.4 Å². The second-order valence-electron chi connectivity index (χ2n) is 8.37. The van der Waals surface area contributed by atoms with Crippen LogP contribution in [0.25, 0.3) is 5.69 Å². The van der Waals surface area contributed by atoms with Gasteiger partial charge in [0.1, 0.15) is 19.0 Å². The molecule has 32 heavy (non-hydrogen) atoms. The lowest BCUT2D eigenvalue weighted by molar-refractivity contribution is -0.116. The molecule has 162 valence electrons. The predicted octanol–water partition coefficient (Wildman–Crippen LogP) is 5.17. The fourth-order valence-electron chi connectivity index (χ4n) is 4.99. The molecule has 6 nitrogen and oxygen atoms in total. The molecule has 0 amide bonds. The molecule has 3 aliphatic rings. The molecule has 0 fully saturated rings. The maximum Gasteiger partial charge on any atom is 0.161 e. The number of nitrogens with one attached hydrogen (secondary N) is 1. The van der Waals surface area contributed by atoms with Gasteiger partial charge in [0.25, 0.3) is 0 Å². The first-order chi connectivity index (χ1) is 15.6. The number of benzene rings is 2. The van der Waals surface area contributed by atoms with E-state index in [1.807, 2.05) is 54.1 Å². The van der Waals surface area contributed by atoms with Crippen LogP contribution in [-0.2, 0) is 4.79 Å². The van der Waals surface area contributed by atoms with E-state index in [0.717, 1.165) is 63.9 Å². The third-order valence-electron chi connectivity index (χ3n) is 6.36. The van der Waals surface area contributed by atoms with Gasteiger partial charge in [-0.05, 0) is 55.7 Å². The van der Waals surface area contributed by atoms with Gasteiger partial charge in [-0.15, -0.1) is 0 Å². The molecule has 2 aromatic carbocycles. The Bertz CT molecular complexity index is 1290. The normalized spacial score (nSPS) is 19.3. The van der Waals surface area contributed by atoms with E-state index in [9.17, 15) is 4.79 Å². The molecule has 0 spiro atoms. The summed E-state index contributed by atoms with van der Waals surface area (Å²) < 4.78 is 13.5. The van der Waals surface area contributed by atoms with Gasteiger partial charge in [-0.3, -0.25) is 4.79 Å². The number of carbonyl (C=O) groups is 1. The molecule has 0 saturated carbocycles. The zero-order valence-electron chi connectivity index (χ0n) is 17.7. The Morgan fingerprint density at radius 3 is 2.78 bits per heavy atom. The molecule has 1 N–H and O–H groups in total. The van der Waals surface area contributed by atoms with E-state index in [0.29, 0.717) is 24.7 Å². The third-order valence-corrected chi connectivity index (χ3v) is 6.60. The van der Waals surface area contributed by atoms with Crippen LogP contribution < -0.4 is 14.8 Å². The van der Waals surface area contributed by atoms with Crippen molar-refractivity contribution in [3.05, 3.63) is 75.6 Å². The van der Waals surface area contributed by atoms with Crippen molar-refractivity contribution in [1.82, 2.24) is 9.78 Å². The Morgan fingerprint density at radius 2 is 1.94 bits per heavy atom. The highest BCUT2D eigenvalue weighted by Gasteiger charge is 2.39. The summed E-state index contributed by atoms with van der Waals surface area (Å²) >= 11 is 6.27. The van der Waals surface area contributed by atoms with Gasteiger partial charge in [0.2, 0.25) is 0 Å². The van der Waals surface area contributed by atoms with E-state index in [1.54, 1.807) is 0 Å². The van der Waals surface area contributed by atoms with Gasteiger partial charge in [0, 0.05) is 34.2 Å². The van der Waals surface area contributed by atoms with Gasteiger partial charge in [-0.1, -0.05) is 23.7 Å². The quantitative estimate of drug-likeness (QED) is 0.587. The molecule has 1 aliphatic carbocycles. The Labute approximate surface area is 190 Å². The monoisotopic (exact) mass is 447 g/mol. The molecule has 1 atom stereocenters. The second-order valence-corrected chi connectivity index (χ2v) is 8.81. The van der Waals surface area contributed by atoms with E-state index in [1.165, 1.54) is 0 Å². The smallest absolute Gasteiger partial charge is 0.161 e. The Kier molecular flexibility index (Phi) is 4.50. The Morgan fingerprint density at radius 1 is 1.09 bits per heavy atom. The van der Waals surface area contributed by atoms with Crippen LogP contribution in [0.5, 0.6) is 11.5 Å². The number of Topliss-reactive ketones (excluding diaryl/α,β-unsaturated/α-hetero) is 1. The van der Waals surface area contributed by atoms with Crippen molar-refractivity contribution in [3.8, 4) is 17.2 Å². The van der Waals surface area contributed by atoms with Crippen molar-refractivity contribution in [2.24, 2.45) is 0 Å². The molecule has 3 aromatic rings. The van der Waals surface area contributed by atoms with Crippen LogP contribution in [0.15, 0.2) is 53.7 Å². The number of hydrogen-bond donors (Lipinski definition) is 1. The first kappa shape index (κ1) is 19.4. The minimum Gasteiger partial charge on any atom is -0.486 e. The first-order valence-corrected chi connectivity index (χ1v) is 11.3. The van der Waals surface area contributed by atoms with E-state index in [-0.39, 0.29) is 11.7 Å². The Hall–Kier alpha value is -3.25. The number of hydrogen-bond acceptors (Lipinski definition) is 5. The topological polar surface area (TPSA) is 65.4 Å². The predicted molar refractivity (Wildman–Crippen MR) is 122 cm³/mol.